The third-order valence-electron chi connectivity index (χ3n) is 3.79. The van der Waals surface area contributed by atoms with Gasteiger partial charge in [0.2, 0.25) is 5.91 Å². The van der Waals surface area contributed by atoms with E-state index in [1.54, 1.807) is 7.05 Å². The summed E-state index contributed by atoms with van der Waals surface area (Å²) in [6.07, 6.45) is 11.2. The molecule has 1 atom stereocenters. The van der Waals surface area contributed by atoms with Crippen LogP contribution >= 0.6 is 11.8 Å². The van der Waals surface area contributed by atoms with Gasteiger partial charge in [-0.25, -0.2) is 4.98 Å². The molecule has 1 aliphatic carbocycles. The number of hydrogen-bond acceptors (Lipinski definition) is 4. The fourth-order valence-corrected chi connectivity index (χ4v) is 3.28. The topological polar surface area (TPSA) is 55.1 Å². The van der Waals surface area contributed by atoms with Crippen LogP contribution in [0.15, 0.2) is 70.4 Å². The summed E-state index contributed by atoms with van der Waals surface area (Å²) >= 11 is 1.32. The Morgan fingerprint density at radius 3 is 2.84 bits per heavy atom. The highest BCUT2D eigenvalue weighted by Gasteiger charge is 2.21. The molecular formula is C20H20N2O2S. The molecule has 0 spiro atoms. The van der Waals surface area contributed by atoms with Gasteiger partial charge in [-0.15, -0.1) is 0 Å². The Hall–Kier alpha value is -2.53. The molecule has 2 aromatic rings. The molecule has 1 aromatic heterocycles. The van der Waals surface area contributed by atoms with Crippen molar-refractivity contribution in [1.29, 1.82) is 0 Å². The van der Waals surface area contributed by atoms with Crippen LogP contribution in [0.3, 0.4) is 0 Å². The van der Waals surface area contributed by atoms with Crippen LogP contribution in [-0.2, 0) is 4.79 Å². The van der Waals surface area contributed by atoms with Crippen LogP contribution in [0.2, 0.25) is 0 Å². The van der Waals surface area contributed by atoms with E-state index in [4.69, 9.17) is 4.42 Å². The molecule has 0 bridgehead atoms. The van der Waals surface area contributed by atoms with Gasteiger partial charge in [-0.05, 0) is 13.3 Å². The predicted molar refractivity (Wildman–Crippen MR) is 102 cm³/mol. The molecule has 1 heterocycles. The van der Waals surface area contributed by atoms with E-state index < -0.39 is 0 Å². The third kappa shape index (κ3) is 4.12. The first-order valence-corrected chi connectivity index (χ1v) is 9.05. The van der Waals surface area contributed by atoms with E-state index in [-0.39, 0.29) is 11.2 Å². The van der Waals surface area contributed by atoms with Crippen LogP contribution in [0.4, 0.5) is 0 Å². The van der Waals surface area contributed by atoms with Gasteiger partial charge in [-0.3, -0.25) is 4.79 Å². The normalized spacial score (nSPS) is 14.7. The van der Waals surface area contributed by atoms with E-state index in [1.165, 1.54) is 11.8 Å². The number of allylic oxidation sites excluding steroid dienone is 6. The van der Waals surface area contributed by atoms with E-state index >= 15 is 0 Å². The first kappa shape index (κ1) is 17.3. The van der Waals surface area contributed by atoms with Crippen LogP contribution in [0.5, 0.6) is 0 Å². The fourth-order valence-electron chi connectivity index (χ4n) is 2.48. The molecule has 1 N–H and O–H groups in total. The van der Waals surface area contributed by atoms with Crippen LogP contribution < -0.4 is 5.32 Å². The van der Waals surface area contributed by atoms with Crippen molar-refractivity contribution in [2.45, 2.75) is 23.8 Å². The first-order valence-electron chi connectivity index (χ1n) is 8.17. The van der Waals surface area contributed by atoms with Gasteiger partial charge in [0.05, 0.1) is 5.25 Å². The number of rotatable bonds is 5. The maximum Gasteiger partial charge on any atom is 0.257 e. The summed E-state index contributed by atoms with van der Waals surface area (Å²) in [5.74, 6) is 0.668. The minimum Gasteiger partial charge on any atom is -0.431 e. The molecular weight excluding hydrogens is 332 g/mol. The molecule has 0 aliphatic heterocycles. The lowest BCUT2D eigenvalue weighted by Gasteiger charge is -2.05. The van der Waals surface area contributed by atoms with E-state index in [1.807, 2.05) is 49.4 Å². The summed E-state index contributed by atoms with van der Waals surface area (Å²) in [6.45, 7) is 1.84. The summed E-state index contributed by atoms with van der Waals surface area (Å²) in [4.78, 5) is 16.5. The summed E-state index contributed by atoms with van der Waals surface area (Å²) in [7, 11) is 1.63. The van der Waals surface area contributed by atoms with Crippen molar-refractivity contribution < 1.29 is 9.21 Å². The second-order valence-corrected chi connectivity index (χ2v) is 6.88. The Bertz CT molecular complexity index is 835. The van der Waals surface area contributed by atoms with Gasteiger partial charge in [-0.1, -0.05) is 72.5 Å². The minimum absolute atomic E-state index is 0.0532. The van der Waals surface area contributed by atoms with Gasteiger partial charge in [-0.2, -0.15) is 0 Å². The van der Waals surface area contributed by atoms with E-state index in [2.05, 4.69) is 28.5 Å². The van der Waals surface area contributed by atoms with E-state index in [9.17, 15) is 4.79 Å². The van der Waals surface area contributed by atoms with E-state index in [0.717, 1.165) is 29.0 Å². The lowest BCUT2D eigenvalue weighted by atomic mass is 10.1. The van der Waals surface area contributed by atoms with Gasteiger partial charge in [0.1, 0.15) is 5.69 Å². The van der Waals surface area contributed by atoms with Gasteiger partial charge < -0.3 is 9.73 Å². The quantitative estimate of drug-likeness (QED) is 0.807. The predicted octanol–water partition coefficient (Wildman–Crippen LogP) is 4.47. The number of thioether (sulfide) groups is 1. The second-order valence-electron chi connectivity index (χ2n) is 5.59. The lowest BCUT2D eigenvalue weighted by Crippen LogP contribution is -2.27. The van der Waals surface area contributed by atoms with Crippen molar-refractivity contribution >= 4 is 23.2 Å². The maximum atomic E-state index is 11.8. The van der Waals surface area contributed by atoms with Crippen molar-refractivity contribution in [3.05, 3.63) is 66.4 Å². The van der Waals surface area contributed by atoms with Crippen LogP contribution in [0.1, 0.15) is 19.0 Å². The highest BCUT2D eigenvalue weighted by atomic mass is 32.2. The second kappa shape index (κ2) is 8.03. The highest BCUT2D eigenvalue weighted by Crippen LogP contribution is 2.35. The van der Waals surface area contributed by atoms with Gasteiger partial charge in [0.15, 0.2) is 5.76 Å². The van der Waals surface area contributed by atoms with Gasteiger partial charge >= 0.3 is 0 Å². The molecule has 0 saturated carbocycles. The Kier molecular flexibility index (Phi) is 5.56. The van der Waals surface area contributed by atoms with Crippen molar-refractivity contribution in [2.24, 2.45) is 0 Å². The molecule has 0 fully saturated rings. The fraction of sp³-hybridized carbons (Fsp3) is 0.200. The van der Waals surface area contributed by atoms with E-state index in [0.29, 0.717) is 5.22 Å². The molecule has 1 aliphatic rings. The SMILES string of the molecule is CNC(=O)[C@H](C)Sc1nc(C2=CC=CCC=C2)c(-c2ccccc2)o1. The molecule has 4 nitrogen and oxygen atoms in total. The number of nitrogens with zero attached hydrogens (tertiary/aromatic N) is 1. The Balaban J connectivity index is 2.01. The maximum absolute atomic E-state index is 11.8. The summed E-state index contributed by atoms with van der Waals surface area (Å²) in [6, 6.07) is 9.91. The van der Waals surface area contributed by atoms with Crippen LogP contribution in [0, 0.1) is 0 Å². The van der Waals surface area contributed by atoms with Crippen molar-refractivity contribution in [3.8, 4) is 11.3 Å². The molecule has 0 radical (unpaired) electrons. The Morgan fingerprint density at radius 1 is 1.28 bits per heavy atom. The third-order valence-corrected chi connectivity index (χ3v) is 4.74. The molecule has 0 unspecified atom stereocenters. The molecule has 1 amide bonds. The number of carbonyl (C=O) groups excluding carboxylic acids is 1. The minimum atomic E-state index is -0.279. The zero-order valence-corrected chi connectivity index (χ0v) is 15.0. The molecule has 0 saturated heterocycles. The average molecular weight is 352 g/mol. The monoisotopic (exact) mass is 352 g/mol. The number of aromatic nitrogens is 1. The lowest BCUT2D eigenvalue weighted by molar-refractivity contribution is -0.119. The number of hydrogen-bond donors (Lipinski definition) is 1. The molecule has 128 valence electrons. The summed E-state index contributed by atoms with van der Waals surface area (Å²) in [5.41, 5.74) is 2.75. The Labute approximate surface area is 151 Å². The van der Waals surface area contributed by atoms with Gasteiger partial charge in [0.25, 0.3) is 5.22 Å². The smallest absolute Gasteiger partial charge is 0.257 e. The van der Waals surface area contributed by atoms with Crippen molar-refractivity contribution in [2.75, 3.05) is 7.05 Å². The molecule has 5 heteroatoms. The zero-order valence-electron chi connectivity index (χ0n) is 14.2. The number of oxazole rings is 1. The molecule has 25 heavy (non-hydrogen) atoms. The summed E-state index contributed by atoms with van der Waals surface area (Å²) in [5, 5.41) is 2.86. The zero-order chi connectivity index (χ0) is 17.6. The largest absolute Gasteiger partial charge is 0.431 e. The van der Waals surface area contributed by atoms with Crippen LogP contribution in [-0.4, -0.2) is 23.2 Å². The van der Waals surface area contributed by atoms with Gasteiger partial charge in [0, 0.05) is 18.2 Å². The standard InChI is InChI=1S/C20H20N2O2S/c1-14(19(23)21-2)25-20-22-17(15-10-6-3-4-7-11-15)18(24-20)16-12-8-5-9-13-16/h3,5-14H,4H2,1-2H3,(H,21,23)/t14-/m0/s1. The molecule has 1 aromatic carbocycles. The molecule has 3 rings (SSSR count). The first-order chi connectivity index (χ1) is 12.2. The number of benzene rings is 1. The number of amides is 1. The highest BCUT2D eigenvalue weighted by molar-refractivity contribution is 8.00. The number of carbonyl (C=O) groups is 1. The Morgan fingerprint density at radius 2 is 2.08 bits per heavy atom. The number of nitrogens with one attached hydrogen (secondary N) is 1. The van der Waals surface area contributed by atoms with Crippen molar-refractivity contribution in [3.63, 3.8) is 0 Å². The van der Waals surface area contributed by atoms with Crippen molar-refractivity contribution in [1.82, 2.24) is 10.3 Å². The van der Waals surface area contributed by atoms with Crippen LogP contribution in [0.25, 0.3) is 16.9 Å². The summed E-state index contributed by atoms with van der Waals surface area (Å²) < 4.78 is 6.03. The average Bonchev–Trinajstić information content (AvgIpc) is 2.87.